The van der Waals surface area contributed by atoms with E-state index < -0.39 is 0 Å². The summed E-state index contributed by atoms with van der Waals surface area (Å²) in [5, 5.41) is 0. The van der Waals surface area contributed by atoms with Crippen molar-refractivity contribution in [3.05, 3.63) is 36.1 Å². The van der Waals surface area contributed by atoms with E-state index in [2.05, 4.69) is 19.9 Å². The molecule has 0 aliphatic heterocycles. The molecule has 0 aliphatic rings. The lowest BCUT2D eigenvalue weighted by molar-refractivity contribution is 0.390. The van der Waals surface area contributed by atoms with Crippen LogP contribution in [0.25, 0.3) is 0 Å². The molecule has 0 unspecified atom stereocenters. The molecule has 2 nitrogen and oxygen atoms in total. The van der Waals surface area contributed by atoms with E-state index >= 15 is 0 Å². The van der Waals surface area contributed by atoms with Gasteiger partial charge in [0.05, 0.1) is 7.11 Å². The molecule has 0 fully saturated rings. The van der Waals surface area contributed by atoms with Crippen LogP contribution >= 0.6 is 0 Å². The monoisotopic (exact) mass is 262 g/mol. The van der Waals surface area contributed by atoms with Crippen molar-refractivity contribution in [2.45, 2.75) is 52.4 Å². The minimum atomic E-state index is 0.859. The van der Waals surface area contributed by atoms with E-state index in [1.54, 1.807) is 7.11 Å². The second-order valence-corrected chi connectivity index (χ2v) is 4.69. The van der Waals surface area contributed by atoms with Gasteiger partial charge in [0.1, 0.15) is 17.3 Å². The Hall–Kier alpha value is -1.44. The summed E-state index contributed by atoms with van der Waals surface area (Å²) in [7, 11) is 1.67. The molecule has 0 heterocycles. The largest absolute Gasteiger partial charge is 0.497 e. The molecule has 1 aromatic rings. The third kappa shape index (κ3) is 6.32. The average molecular weight is 262 g/mol. The molecule has 0 amide bonds. The van der Waals surface area contributed by atoms with E-state index in [1.165, 1.54) is 25.7 Å². The van der Waals surface area contributed by atoms with Crippen LogP contribution in [0.1, 0.15) is 52.4 Å². The highest BCUT2D eigenvalue weighted by Crippen LogP contribution is 2.21. The molecular formula is C17H26O2. The Morgan fingerprint density at radius 3 is 2.21 bits per heavy atom. The lowest BCUT2D eigenvalue weighted by atomic mass is 10.1. The Kier molecular flexibility index (Phi) is 7.80. The quantitative estimate of drug-likeness (QED) is 0.442. The fourth-order valence-electron chi connectivity index (χ4n) is 1.81. The van der Waals surface area contributed by atoms with Crippen molar-refractivity contribution in [2.75, 3.05) is 7.11 Å². The SMILES string of the molecule is CCCC/C=C(/CCCC)Oc1ccc(OC)cc1. The van der Waals surface area contributed by atoms with Gasteiger partial charge in [0.25, 0.3) is 0 Å². The van der Waals surface area contributed by atoms with E-state index in [0.717, 1.165) is 30.1 Å². The summed E-state index contributed by atoms with van der Waals surface area (Å²) in [4.78, 5) is 0. The Morgan fingerprint density at radius 1 is 1.00 bits per heavy atom. The molecule has 0 saturated heterocycles. The first kappa shape index (κ1) is 15.6. The molecule has 0 aliphatic carbocycles. The van der Waals surface area contributed by atoms with Gasteiger partial charge in [0.15, 0.2) is 0 Å². The molecule has 19 heavy (non-hydrogen) atoms. The smallest absolute Gasteiger partial charge is 0.127 e. The molecule has 0 N–H and O–H groups in total. The van der Waals surface area contributed by atoms with Crippen molar-refractivity contribution in [2.24, 2.45) is 0 Å². The minimum Gasteiger partial charge on any atom is -0.497 e. The van der Waals surface area contributed by atoms with Crippen molar-refractivity contribution in [3.8, 4) is 11.5 Å². The van der Waals surface area contributed by atoms with Crippen LogP contribution in [0.2, 0.25) is 0 Å². The standard InChI is InChI=1S/C17H26O2/c1-4-6-8-10-16(9-7-5-2)19-17-13-11-15(18-3)12-14-17/h10-14H,4-9H2,1-3H3/b16-10-. The predicted octanol–water partition coefficient (Wildman–Crippen LogP) is 5.34. The third-order valence-electron chi connectivity index (χ3n) is 3.01. The van der Waals surface area contributed by atoms with E-state index in [4.69, 9.17) is 9.47 Å². The van der Waals surface area contributed by atoms with Crippen molar-refractivity contribution in [1.82, 2.24) is 0 Å². The fourth-order valence-corrected chi connectivity index (χ4v) is 1.81. The fraction of sp³-hybridized carbons (Fsp3) is 0.529. The second kappa shape index (κ2) is 9.48. The summed E-state index contributed by atoms with van der Waals surface area (Å²) in [5.41, 5.74) is 0. The van der Waals surface area contributed by atoms with Crippen molar-refractivity contribution < 1.29 is 9.47 Å². The number of methoxy groups -OCH3 is 1. The topological polar surface area (TPSA) is 18.5 Å². The number of benzene rings is 1. The highest BCUT2D eigenvalue weighted by Gasteiger charge is 2.01. The molecule has 1 rings (SSSR count). The van der Waals surface area contributed by atoms with Crippen molar-refractivity contribution >= 4 is 0 Å². The molecular weight excluding hydrogens is 236 g/mol. The van der Waals surface area contributed by atoms with Crippen LogP contribution in [-0.4, -0.2) is 7.11 Å². The lowest BCUT2D eigenvalue weighted by Crippen LogP contribution is -1.96. The van der Waals surface area contributed by atoms with Crippen LogP contribution in [0.15, 0.2) is 36.1 Å². The molecule has 0 bridgehead atoms. The highest BCUT2D eigenvalue weighted by molar-refractivity contribution is 5.32. The maximum atomic E-state index is 5.97. The molecule has 0 spiro atoms. The van der Waals surface area contributed by atoms with Crippen LogP contribution in [0.4, 0.5) is 0 Å². The number of ether oxygens (including phenoxy) is 2. The normalized spacial score (nSPS) is 11.4. The van der Waals surface area contributed by atoms with E-state index in [9.17, 15) is 0 Å². The highest BCUT2D eigenvalue weighted by atomic mass is 16.5. The van der Waals surface area contributed by atoms with Gasteiger partial charge >= 0.3 is 0 Å². The zero-order valence-corrected chi connectivity index (χ0v) is 12.4. The molecule has 0 atom stereocenters. The van der Waals surface area contributed by atoms with Gasteiger partial charge in [-0.3, -0.25) is 0 Å². The van der Waals surface area contributed by atoms with Crippen LogP contribution in [0, 0.1) is 0 Å². The van der Waals surface area contributed by atoms with Crippen LogP contribution in [0.3, 0.4) is 0 Å². The zero-order valence-electron chi connectivity index (χ0n) is 12.4. The van der Waals surface area contributed by atoms with E-state index in [1.807, 2.05) is 24.3 Å². The predicted molar refractivity (Wildman–Crippen MR) is 80.8 cm³/mol. The van der Waals surface area contributed by atoms with Gasteiger partial charge in [0, 0.05) is 6.42 Å². The van der Waals surface area contributed by atoms with Crippen LogP contribution in [-0.2, 0) is 0 Å². The lowest BCUT2D eigenvalue weighted by Gasteiger charge is -2.10. The molecule has 0 aromatic heterocycles. The Labute approximate surface area is 117 Å². The first-order valence-electron chi connectivity index (χ1n) is 7.31. The summed E-state index contributed by atoms with van der Waals surface area (Å²) < 4.78 is 11.1. The summed E-state index contributed by atoms with van der Waals surface area (Å²) >= 11 is 0. The first-order valence-corrected chi connectivity index (χ1v) is 7.31. The summed E-state index contributed by atoms with van der Waals surface area (Å²) in [6.45, 7) is 4.42. The summed E-state index contributed by atoms with van der Waals surface area (Å²) in [5.74, 6) is 2.84. The number of hydrogen-bond donors (Lipinski definition) is 0. The summed E-state index contributed by atoms with van der Waals surface area (Å²) in [6.07, 6.45) is 9.17. The average Bonchev–Trinajstić information content (AvgIpc) is 2.45. The Bertz CT molecular complexity index is 365. The number of hydrogen-bond acceptors (Lipinski definition) is 2. The number of unbranched alkanes of at least 4 members (excludes halogenated alkanes) is 3. The van der Waals surface area contributed by atoms with Gasteiger partial charge in [-0.25, -0.2) is 0 Å². The van der Waals surface area contributed by atoms with Crippen molar-refractivity contribution in [1.29, 1.82) is 0 Å². The van der Waals surface area contributed by atoms with Gasteiger partial charge in [0.2, 0.25) is 0 Å². The second-order valence-electron chi connectivity index (χ2n) is 4.69. The van der Waals surface area contributed by atoms with Crippen LogP contribution < -0.4 is 9.47 Å². The molecule has 1 aromatic carbocycles. The molecule has 2 heteroatoms. The van der Waals surface area contributed by atoms with Crippen LogP contribution in [0.5, 0.6) is 11.5 Å². The minimum absolute atomic E-state index is 0.859. The summed E-state index contributed by atoms with van der Waals surface area (Å²) in [6, 6.07) is 7.77. The van der Waals surface area contributed by atoms with Gasteiger partial charge < -0.3 is 9.47 Å². The van der Waals surface area contributed by atoms with E-state index in [-0.39, 0.29) is 0 Å². The number of allylic oxidation sites excluding steroid dienone is 2. The van der Waals surface area contributed by atoms with E-state index in [0.29, 0.717) is 0 Å². The first-order chi connectivity index (χ1) is 9.30. The maximum Gasteiger partial charge on any atom is 0.127 e. The molecule has 106 valence electrons. The van der Waals surface area contributed by atoms with Gasteiger partial charge in [-0.05, 0) is 49.6 Å². The van der Waals surface area contributed by atoms with Gasteiger partial charge in [-0.2, -0.15) is 0 Å². The molecule has 0 saturated carbocycles. The number of rotatable bonds is 9. The maximum absolute atomic E-state index is 5.97. The zero-order chi connectivity index (χ0) is 13.9. The molecule has 0 radical (unpaired) electrons. The van der Waals surface area contributed by atoms with Crippen molar-refractivity contribution in [3.63, 3.8) is 0 Å². The Balaban J connectivity index is 2.60. The van der Waals surface area contributed by atoms with Gasteiger partial charge in [-0.15, -0.1) is 0 Å². The van der Waals surface area contributed by atoms with Gasteiger partial charge in [-0.1, -0.05) is 26.7 Å². The Morgan fingerprint density at radius 2 is 1.63 bits per heavy atom. The third-order valence-corrected chi connectivity index (χ3v) is 3.01.